The number of carboxylic acid groups (broad SMARTS) is 1. The Morgan fingerprint density at radius 1 is 0.769 bits per heavy atom. The van der Waals surface area contributed by atoms with Gasteiger partial charge in [0.2, 0.25) is 0 Å². The number of hydrogen-bond acceptors (Lipinski definition) is 5. The summed E-state index contributed by atoms with van der Waals surface area (Å²) in [5.41, 5.74) is 1.85. The zero-order chi connectivity index (χ0) is 27.6. The number of rotatable bonds is 11. The molecule has 4 rings (SSSR count). The van der Waals surface area contributed by atoms with E-state index in [1.165, 1.54) is 0 Å². The van der Waals surface area contributed by atoms with Gasteiger partial charge in [0.25, 0.3) is 11.8 Å². The molecule has 2 amide bonds. The van der Waals surface area contributed by atoms with Crippen LogP contribution in [0.4, 0.5) is 0 Å². The van der Waals surface area contributed by atoms with Crippen LogP contribution in [0.3, 0.4) is 0 Å². The Balaban J connectivity index is 1.14. The van der Waals surface area contributed by atoms with Gasteiger partial charge in [0.1, 0.15) is 18.1 Å². The molecule has 0 aliphatic heterocycles. The highest BCUT2D eigenvalue weighted by molar-refractivity contribution is 6.31. The first-order valence-electron chi connectivity index (χ1n) is 12.9. The second-order valence-corrected chi connectivity index (χ2v) is 9.78. The lowest BCUT2D eigenvalue weighted by Gasteiger charge is -2.26. The van der Waals surface area contributed by atoms with E-state index < -0.39 is 5.97 Å². The first-order chi connectivity index (χ1) is 18.9. The third-order valence-corrected chi connectivity index (χ3v) is 6.98. The van der Waals surface area contributed by atoms with Crippen molar-refractivity contribution in [1.29, 1.82) is 0 Å². The van der Waals surface area contributed by atoms with Crippen LogP contribution in [-0.4, -0.2) is 42.1 Å². The fourth-order valence-electron chi connectivity index (χ4n) is 4.34. The summed E-state index contributed by atoms with van der Waals surface area (Å²) in [6, 6.07) is 21.1. The summed E-state index contributed by atoms with van der Waals surface area (Å²) in [6.07, 6.45) is 2.61. The maximum Gasteiger partial charge on any atom is 0.306 e. The largest absolute Gasteiger partial charge is 0.490 e. The molecule has 0 unspecified atom stereocenters. The van der Waals surface area contributed by atoms with Crippen molar-refractivity contribution in [2.24, 2.45) is 5.92 Å². The third kappa shape index (κ3) is 8.22. The average Bonchev–Trinajstić information content (AvgIpc) is 2.95. The monoisotopic (exact) mass is 550 g/mol. The normalized spacial score (nSPS) is 16.6. The van der Waals surface area contributed by atoms with E-state index in [2.05, 4.69) is 10.6 Å². The van der Waals surface area contributed by atoms with Crippen LogP contribution in [0.5, 0.6) is 11.5 Å². The Labute approximate surface area is 232 Å². The number of aliphatic carboxylic acids is 1. The first kappa shape index (κ1) is 28.0. The van der Waals surface area contributed by atoms with E-state index in [0.717, 1.165) is 5.56 Å². The van der Waals surface area contributed by atoms with E-state index in [1.54, 1.807) is 54.6 Å². The number of halogens is 1. The highest BCUT2D eigenvalue weighted by atomic mass is 35.5. The Morgan fingerprint density at radius 2 is 1.31 bits per heavy atom. The minimum absolute atomic E-state index is 0.0130. The summed E-state index contributed by atoms with van der Waals surface area (Å²) >= 11 is 6.14. The number of hydrogen-bond donors (Lipinski definition) is 3. The maximum atomic E-state index is 12.4. The van der Waals surface area contributed by atoms with Crippen LogP contribution < -0.4 is 20.1 Å². The number of carbonyl (C=O) groups excluding carboxylic acids is 2. The van der Waals surface area contributed by atoms with Gasteiger partial charge in [0, 0.05) is 34.8 Å². The highest BCUT2D eigenvalue weighted by Crippen LogP contribution is 2.28. The van der Waals surface area contributed by atoms with Gasteiger partial charge in [-0.15, -0.1) is 0 Å². The van der Waals surface area contributed by atoms with Crippen molar-refractivity contribution >= 4 is 29.4 Å². The Morgan fingerprint density at radius 3 is 1.85 bits per heavy atom. The predicted molar refractivity (Wildman–Crippen MR) is 147 cm³/mol. The topological polar surface area (TPSA) is 114 Å². The molecule has 1 fully saturated rings. The van der Waals surface area contributed by atoms with Gasteiger partial charge < -0.3 is 25.2 Å². The summed E-state index contributed by atoms with van der Waals surface area (Å²) in [5.74, 6) is -0.252. The van der Waals surface area contributed by atoms with Crippen molar-refractivity contribution in [3.63, 3.8) is 0 Å². The maximum absolute atomic E-state index is 12.4. The molecular weight excluding hydrogens is 520 g/mol. The van der Waals surface area contributed by atoms with Gasteiger partial charge in [0.15, 0.2) is 0 Å². The summed E-state index contributed by atoms with van der Waals surface area (Å²) < 4.78 is 11.7. The average molecular weight is 551 g/mol. The van der Waals surface area contributed by atoms with Crippen LogP contribution in [0.2, 0.25) is 5.02 Å². The molecule has 0 spiro atoms. The van der Waals surface area contributed by atoms with E-state index in [9.17, 15) is 14.4 Å². The fraction of sp³-hybridized carbons (Fsp3) is 0.300. The van der Waals surface area contributed by atoms with Crippen LogP contribution >= 0.6 is 11.6 Å². The second-order valence-electron chi connectivity index (χ2n) is 9.37. The lowest BCUT2D eigenvalue weighted by Crippen LogP contribution is -2.34. The van der Waals surface area contributed by atoms with E-state index in [0.29, 0.717) is 59.9 Å². The lowest BCUT2D eigenvalue weighted by molar-refractivity contribution is -0.143. The van der Waals surface area contributed by atoms with Crippen molar-refractivity contribution in [1.82, 2.24) is 10.6 Å². The molecule has 39 heavy (non-hydrogen) atoms. The van der Waals surface area contributed by atoms with Gasteiger partial charge in [-0.2, -0.15) is 0 Å². The van der Waals surface area contributed by atoms with Gasteiger partial charge in [-0.1, -0.05) is 29.8 Å². The van der Waals surface area contributed by atoms with E-state index in [-0.39, 0.29) is 36.9 Å². The van der Waals surface area contributed by atoms with Crippen molar-refractivity contribution in [3.05, 3.63) is 94.5 Å². The van der Waals surface area contributed by atoms with Crippen LogP contribution in [0.15, 0.2) is 72.8 Å². The Kier molecular flexibility index (Phi) is 9.80. The molecule has 0 bridgehead atoms. The Bertz CT molecular complexity index is 1270. The van der Waals surface area contributed by atoms with Gasteiger partial charge in [-0.3, -0.25) is 14.4 Å². The van der Waals surface area contributed by atoms with Crippen LogP contribution in [0.25, 0.3) is 0 Å². The van der Waals surface area contributed by atoms with Crippen molar-refractivity contribution in [2.45, 2.75) is 38.4 Å². The molecule has 0 radical (unpaired) electrons. The predicted octanol–water partition coefficient (Wildman–Crippen LogP) is 5.10. The number of ether oxygens (including phenoxy) is 2. The van der Waals surface area contributed by atoms with E-state index >= 15 is 0 Å². The molecule has 8 nitrogen and oxygen atoms in total. The summed E-state index contributed by atoms with van der Waals surface area (Å²) in [4.78, 5) is 35.9. The molecule has 1 aliphatic carbocycles. The SMILES string of the molecule is O=C(NCCNC(=O)c1ccc(OC2CCC(C(=O)O)CC2)cc1)c1ccc(OCc2ccccc2Cl)cc1. The minimum atomic E-state index is -0.742. The van der Waals surface area contributed by atoms with Gasteiger partial charge in [0.05, 0.1) is 12.0 Å². The third-order valence-electron chi connectivity index (χ3n) is 6.61. The molecule has 0 aromatic heterocycles. The number of carboxylic acids is 1. The zero-order valence-corrected chi connectivity index (χ0v) is 22.2. The summed E-state index contributed by atoms with van der Waals surface area (Å²) in [6.45, 7) is 0.875. The van der Waals surface area contributed by atoms with Crippen molar-refractivity contribution < 1.29 is 29.0 Å². The molecule has 0 atom stereocenters. The van der Waals surface area contributed by atoms with Gasteiger partial charge >= 0.3 is 5.97 Å². The molecule has 9 heteroatoms. The molecule has 3 aromatic rings. The second kappa shape index (κ2) is 13.7. The molecule has 1 aliphatic rings. The standard InChI is InChI=1S/C30H31ClN2O6/c31-27-4-2-1-3-23(27)19-38-24-11-5-20(6-12-24)28(34)32-17-18-33-29(35)21-7-13-25(14-8-21)39-26-15-9-22(10-16-26)30(36)37/h1-8,11-14,22,26H,9-10,15-19H2,(H,32,34)(H,33,35)(H,36,37). The van der Waals surface area contributed by atoms with E-state index in [1.807, 2.05) is 18.2 Å². The molecule has 3 N–H and O–H groups in total. The first-order valence-corrected chi connectivity index (χ1v) is 13.3. The molecule has 1 saturated carbocycles. The highest BCUT2D eigenvalue weighted by Gasteiger charge is 2.26. The number of nitrogens with one attached hydrogen (secondary N) is 2. The van der Waals surface area contributed by atoms with Gasteiger partial charge in [-0.05, 0) is 80.3 Å². The Hall–Kier alpha value is -4.04. The van der Waals surface area contributed by atoms with Crippen LogP contribution in [0, 0.1) is 5.92 Å². The number of amides is 2. The van der Waals surface area contributed by atoms with Crippen LogP contribution in [-0.2, 0) is 11.4 Å². The van der Waals surface area contributed by atoms with Crippen molar-refractivity contribution in [3.8, 4) is 11.5 Å². The van der Waals surface area contributed by atoms with Crippen LogP contribution in [0.1, 0.15) is 52.0 Å². The molecule has 3 aromatic carbocycles. The minimum Gasteiger partial charge on any atom is -0.490 e. The molecular formula is C30H31ClN2O6. The molecule has 0 saturated heterocycles. The quantitative estimate of drug-likeness (QED) is 0.286. The zero-order valence-electron chi connectivity index (χ0n) is 21.4. The van der Waals surface area contributed by atoms with E-state index in [4.69, 9.17) is 26.2 Å². The summed E-state index contributed by atoms with van der Waals surface area (Å²) in [7, 11) is 0. The molecule has 204 valence electrons. The number of carbonyl (C=O) groups is 3. The fourth-order valence-corrected chi connectivity index (χ4v) is 4.53. The number of benzene rings is 3. The van der Waals surface area contributed by atoms with Gasteiger partial charge in [-0.25, -0.2) is 0 Å². The lowest BCUT2D eigenvalue weighted by atomic mass is 9.87. The molecule has 0 heterocycles. The van der Waals surface area contributed by atoms with Crippen molar-refractivity contribution in [2.75, 3.05) is 13.1 Å². The summed E-state index contributed by atoms with van der Waals surface area (Å²) in [5, 5.41) is 15.3. The smallest absolute Gasteiger partial charge is 0.306 e.